The maximum absolute atomic E-state index is 11.2. The minimum absolute atomic E-state index is 0.0851. The number of unbranched alkanes of at least 4 members (excludes halogenated alkanes) is 5. The molecule has 0 aromatic rings. The van der Waals surface area contributed by atoms with E-state index in [9.17, 15) is 15.2 Å². The summed E-state index contributed by atoms with van der Waals surface area (Å²) in [5.74, 6) is 0.627. The van der Waals surface area contributed by atoms with Crippen molar-refractivity contribution in [2.45, 2.75) is 77.7 Å². The molecule has 1 fully saturated rings. The molecule has 0 aliphatic carbocycles. The average molecular weight is 542 g/mol. The molecule has 0 saturated carbocycles. The van der Waals surface area contributed by atoms with Crippen LogP contribution in [0.4, 0.5) is 0 Å². The summed E-state index contributed by atoms with van der Waals surface area (Å²) in [6, 6.07) is 0.604. The molecule has 11 heteroatoms. The third kappa shape index (κ3) is 14.7. The second-order valence-electron chi connectivity index (χ2n) is 10.3. The second-order valence-corrected chi connectivity index (χ2v) is 13.6. The van der Waals surface area contributed by atoms with Gasteiger partial charge in [0.2, 0.25) is 0 Å². The van der Waals surface area contributed by atoms with Crippen LogP contribution in [-0.2, 0) is 18.2 Å². The minimum atomic E-state index is -3.19. The van der Waals surface area contributed by atoms with Gasteiger partial charge in [0.05, 0.1) is 53.0 Å². The molecule has 2 N–H and O–H groups in total. The van der Waals surface area contributed by atoms with E-state index in [0.717, 1.165) is 55.5 Å². The molecule has 0 bridgehead atoms. The average Bonchev–Trinajstić information content (AvgIpc) is 2.81. The van der Waals surface area contributed by atoms with Gasteiger partial charge in [-0.15, -0.1) is 0 Å². The lowest BCUT2D eigenvalue weighted by atomic mass is 10.1. The van der Waals surface area contributed by atoms with Crippen LogP contribution in [0.5, 0.6) is 0 Å². The molecule has 1 saturated heterocycles. The molecule has 1 heterocycles. The molecule has 1 rings (SSSR count). The zero-order valence-corrected chi connectivity index (χ0v) is 24.4. The van der Waals surface area contributed by atoms with E-state index in [1.165, 1.54) is 58.0 Å². The van der Waals surface area contributed by atoms with E-state index in [1.54, 1.807) is 0 Å². The molecular weight excluding hydrogens is 488 g/mol. The van der Waals surface area contributed by atoms with E-state index in [4.69, 9.17) is 8.85 Å². The Hall–Kier alpha value is 0.207. The van der Waals surface area contributed by atoms with Crippen molar-refractivity contribution in [3.63, 3.8) is 0 Å². The van der Waals surface area contributed by atoms with E-state index in [0.29, 0.717) is 36.0 Å². The van der Waals surface area contributed by atoms with Gasteiger partial charge in [-0.3, -0.25) is 5.04 Å². The topological polar surface area (TPSA) is 100 Å². The van der Waals surface area contributed by atoms with E-state index >= 15 is 0 Å². The first kappa shape index (κ1) is 33.2. The van der Waals surface area contributed by atoms with Crippen LogP contribution in [0.1, 0.15) is 71.6 Å². The first-order chi connectivity index (χ1) is 16.9. The summed E-state index contributed by atoms with van der Waals surface area (Å²) in [5, 5.41) is 22.9. The van der Waals surface area contributed by atoms with Gasteiger partial charge in [0.15, 0.2) is 0 Å². The Bertz CT molecular complexity index is 514. The zero-order chi connectivity index (χ0) is 25.9. The van der Waals surface area contributed by atoms with E-state index in [1.807, 2.05) is 0 Å². The van der Waals surface area contributed by atoms with Crippen molar-refractivity contribution in [1.29, 1.82) is 0 Å². The van der Waals surface area contributed by atoms with Crippen molar-refractivity contribution in [3.8, 4) is 0 Å². The molecule has 1 aliphatic heterocycles. The maximum Gasteiger partial charge on any atom is 0.498 e. The Kier molecular flexibility index (Phi) is 18.3. The standard InChI is InChI=1S/C24H53N2O7SSi/c1-4-6-8-10-14-25(3,13-9-7-5-2)15-12-24-35(29)30-21-18-26(17-20-27,19-22-31-35)16-11-23-34-33-32-28/h27,29H,4-24H2,1-3H3/q+1. The van der Waals surface area contributed by atoms with Gasteiger partial charge in [-0.1, -0.05) is 33.1 Å². The third-order valence-electron chi connectivity index (χ3n) is 7.34. The minimum Gasteiger partial charge on any atom is -0.691 e. The maximum atomic E-state index is 11.2. The van der Waals surface area contributed by atoms with E-state index in [-0.39, 0.29) is 6.61 Å². The Morgan fingerprint density at radius 1 is 0.914 bits per heavy atom. The van der Waals surface area contributed by atoms with Gasteiger partial charge >= 0.3 is 8.80 Å². The summed E-state index contributed by atoms with van der Waals surface area (Å²) in [6.45, 7) is 11.8. The summed E-state index contributed by atoms with van der Waals surface area (Å²) < 4.78 is 18.1. The zero-order valence-electron chi connectivity index (χ0n) is 22.6. The summed E-state index contributed by atoms with van der Waals surface area (Å²) in [6.07, 6.45) is 10.6. The van der Waals surface area contributed by atoms with Crippen LogP contribution in [-0.4, -0.2) is 106 Å². The molecule has 1 atom stereocenters. The smallest absolute Gasteiger partial charge is 0.498 e. The summed E-state index contributed by atoms with van der Waals surface area (Å²) in [7, 11) is -0.818. The predicted molar refractivity (Wildman–Crippen MR) is 140 cm³/mol. The lowest BCUT2D eigenvalue weighted by Crippen LogP contribution is -2.59. The van der Waals surface area contributed by atoms with Gasteiger partial charge < -0.3 is 33.0 Å². The van der Waals surface area contributed by atoms with Gasteiger partial charge in [0, 0.05) is 36.7 Å². The molecule has 0 amide bonds. The molecule has 210 valence electrons. The molecule has 0 spiro atoms. The van der Waals surface area contributed by atoms with Crippen molar-refractivity contribution in [1.82, 2.24) is 0 Å². The Morgan fingerprint density at radius 3 is 2.11 bits per heavy atom. The van der Waals surface area contributed by atoms with Crippen molar-refractivity contribution in [2.75, 3.05) is 78.4 Å². The second kappa shape index (κ2) is 19.3. The molecule has 0 radical (unpaired) electrons. The van der Waals surface area contributed by atoms with Crippen LogP contribution in [0, 0.1) is 0 Å². The van der Waals surface area contributed by atoms with Gasteiger partial charge in [0.1, 0.15) is 19.6 Å². The monoisotopic (exact) mass is 541 g/mol. The van der Waals surface area contributed by atoms with E-state index in [2.05, 4.69) is 30.3 Å². The van der Waals surface area contributed by atoms with Crippen LogP contribution < -0.4 is 5.26 Å². The van der Waals surface area contributed by atoms with Gasteiger partial charge in [-0.2, -0.15) is 4.33 Å². The fraction of sp³-hybridized carbons (Fsp3) is 1.00. The van der Waals surface area contributed by atoms with Crippen LogP contribution >= 0.6 is 12.0 Å². The van der Waals surface area contributed by atoms with Gasteiger partial charge in [0.25, 0.3) is 0 Å². The van der Waals surface area contributed by atoms with Gasteiger partial charge in [-0.05, 0) is 25.7 Å². The number of rotatable bonds is 21. The van der Waals surface area contributed by atoms with Crippen molar-refractivity contribution in [3.05, 3.63) is 0 Å². The number of nitrogens with zero attached hydrogens (tertiary/aromatic N) is 2. The molecular formula is C24H53N2O7SSi+. The highest BCUT2D eigenvalue weighted by Gasteiger charge is 2.41. The highest BCUT2D eigenvalue weighted by Crippen LogP contribution is 2.21. The number of aliphatic hydroxyl groups is 1. The SMILES string of the molecule is CCCCCC[N+](C)(CCCCC)CCC[Si]1(O)OCC[N+](CCO)(CCCSOO[O-])CCO1. The van der Waals surface area contributed by atoms with Crippen LogP contribution in [0.2, 0.25) is 6.04 Å². The van der Waals surface area contributed by atoms with Crippen LogP contribution in [0.3, 0.4) is 0 Å². The molecule has 1 unspecified atom stereocenters. The number of hydrogen-bond acceptors (Lipinski definition) is 8. The molecule has 0 aromatic carbocycles. The predicted octanol–water partition coefficient (Wildman–Crippen LogP) is 2.64. The quantitative estimate of drug-likeness (QED) is 0.0571. The Morgan fingerprint density at radius 2 is 1.51 bits per heavy atom. The lowest BCUT2D eigenvalue weighted by Gasteiger charge is -2.41. The van der Waals surface area contributed by atoms with Crippen LogP contribution in [0.25, 0.3) is 0 Å². The molecule has 35 heavy (non-hydrogen) atoms. The Balaban J connectivity index is 2.55. The summed E-state index contributed by atoms with van der Waals surface area (Å²) in [4.78, 5) is 11.2. The van der Waals surface area contributed by atoms with E-state index < -0.39 is 8.80 Å². The highest BCUT2D eigenvalue weighted by atomic mass is 32.2. The third-order valence-corrected chi connectivity index (χ3v) is 10.2. The first-order valence-electron chi connectivity index (χ1n) is 13.7. The van der Waals surface area contributed by atoms with Crippen molar-refractivity contribution < 1.29 is 42.3 Å². The number of hydrogen-bond donors (Lipinski definition) is 2. The molecule has 0 aromatic heterocycles. The number of aliphatic hydroxyl groups excluding tert-OH is 1. The Labute approximate surface area is 219 Å². The molecule has 1 aliphatic rings. The summed E-state index contributed by atoms with van der Waals surface area (Å²) in [5.41, 5.74) is 0. The fourth-order valence-electron chi connectivity index (χ4n) is 5.06. The normalized spacial score (nSPS) is 25.2. The fourth-order valence-corrected chi connectivity index (χ4v) is 7.21. The van der Waals surface area contributed by atoms with Crippen molar-refractivity contribution in [2.24, 2.45) is 0 Å². The van der Waals surface area contributed by atoms with Crippen molar-refractivity contribution >= 4 is 20.8 Å². The number of quaternary nitrogens is 2. The highest BCUT2D eigenvalue weighted by molar-refractivity contribution is 7.94. The van der Waals surface area contributed by atoms with Crippen LogP contribution in [0.15, 0.2) is 0 Å². The first-order valence-corrected chi connectivity index (χ1v) is 16.6. The largest absolute Gasteiger partial charge is 0.691 e. The van der Waals surface area contributed by atoms with Gasteiger partial charge in [-0.25, -0.2) is 0 Å². The summed E-state index contributed by atoms with van der Waals surface area (Å²) >= 11 is 0.987. The lowest BCUT2D eigenvalue weighted by molar-refractivity contribution is -0.929. The molecule has 9 nitrogen and oxygen atoms in total.